The van der Waals surface area contributed by atoms with Crippen LogP contribution in [-0.2, 0) is 97.9 Å². The van der Waals surface area contributed by atoms with Gasteiger partial charge in [0.2, 0.25) is 0 Å². The number of unbranched alkanes of at least 4 members (excludes halogenated alkanes) is 15. The van der Waals surface area contributed by atoms with Gasteiger partial charge in [0.15, 0.2) is 0 Å². The normalized spacial score (nSPS) is 12.8. The number of alkyl halides is 1. The van der Waals surface area contributed by atoms with Crippen LogP contribution >= 0.6 is 0 Å². The van der Waals surface area contributed by atoms with E-state index in [1.54, 1.807) is 12.2 Å². The molecule has 0 aromatic heterocycles. The summed E-state index contributed by atoms with van der Waals surface area (Å²) in [5, 5.41) is 16.7. The third kappa shape index (κ3) is 36.9. The first-order valence-corrected chi connectivity index (χ1v) is 54.2. The Bertz CT molecular complexity index is 6140. The number of aryl methyl sites for hydroxylation is 12. The first-order valence-electron chi connectivity index (χ1n) is 55.0. The zero-order chi connectivity index (χ0) is 105. The van der Waals surface area contributed by atoms with E-state index < -0.39 is 25.6 Å². The van der Waals surface area contributed by atoms with Crippen molar-refractivity contribution >= 4 is 99.6 Å². The van der Waals surface area contributed by atoms with Crippen LogP contribution in [0.1, 0.15) is 285 Å². The predicted octanol–water partition coefficient (Wildman–Crippen LogP) is 31.6. The van der Waals surface area contributed by atoms with E-state index in [0.717, 1.165) is 133 Å². The average Bonchev–Trinajstić information content (AvgIpc) is 1.69. The summed E-state index contributed by atoms with van der Waals surface area (Å²) >= 11 is 0. The first-order chi connectivity index (χ1) is 72.6. The summed E-state index contributed by atoms with van der Waals surface area (Å²) in [6, 6.07) is 96.5. The van der Waals surface area contributed by atoms with Gasteiger partial charge in [-0.05, 0) is 313 Å². The number of benzene rings is 12. The van der Waals surface area contributed by atoms with Crippen LogP contribution in [-0.4, -0.2) is 81.1 Å². The molecule has 15 heteroatoms. The number of aliphatic carboxylic acids is 2. The fraction of sp³-hybridized carbons (Fsp3) is 0.351. The monoisotopic (exact) mass is 2010 g/mol. The van der Waals surface area contributed by atoms with E-state index in [9.17, 15) is 23.6 Å². The number of para-hydroxylation sites is 6. The number of hydrogen-bond acceptors (Lipinski definition) is 9. The average molecular weight is 2010 g/mol. The molecule has 0 spiro atoms. The van der Waals surface area contributed by atoms with Crippen LogP contribution in [0.4, 0.5) is 61.3 Å². The van der Waals surface area contributed by atoms with Crippen molar-refractivity contribution in [3.05, 3.63) is 428 Å². The fourth-order valence-electron chi connectivity index (χ4n) is 20.3. The smallest absolute Gasteiger partial charge is 1.00 e. The van der Waals surface area contributed by atoms with Gasteiger partial charge in [-0.3, -0.25) is 18.8 Å². The third-order valence-electron chi connectivity index (χ3n) is 27.9. The van der Waals surface area contributed by atoms with Crippen molar-refractivity contribution in [3.63, 3.8) is 0 Å². The van der Waals surface area contributed by atoms with Crippen LogP contribution in [0.2, 0.25) is 0 Å². The molecule has 1 aliphatic carbocycles. The molecule has 0 radical (unpaired) electrons. The molecule has 0 saturated heterocycles. The van der Waals surface area contributed by atoms with Crippen molar-refractivity contribution in [2.75, 3.05) is 70.9 Å². The van der Waals surface area contributed by atoms with Crippen molar-refractivity contribution in [1.82, 2.24) is 0 Å². The van der Waals surface area contributed by atoms with Crippen molar-refractivity contribution in [2.45, 2.75) is 260 Å². The van der Waals surface area contributed by atoms with Gasteiger partial charge in [0.25, 0.3) is 5.70 Å². The van der Waals surface area contributed by atoms with Gasteiger partial charge in [-0.25, -0.2) is 16.2 Å². The molecule has 149 heavy (non-hydrogen) atoms. The number of allylic oxidation sites excluding steroid dienone is 3. The molecule has 5 heterocycles. The van der Waals surface area contributed by atoms with Crippen LogP contribution in [0.3, 0.4) is 0 Å². The molecule has 778 valence electrons. The largest absolute Gasteiger partial charge is 1.00 e. The van der Waals surface area contributed by atoms with Crippen LogP contribution in [0, 0.1) is 20.6 Å². The Kier molecular flexibility index (Phi) is 54.8. The summed E-state index contributed by atoms with van der Waals surface area (Å²) in [7, 11) is -1.00. The second kappa shape index (κ2) is 68.4. The molecular formula is C134H162FN7NaO6-. The van der Waals surface area contributed by atoms with Gasteiger partial charge in [0.1, 0.15) is 12.6 Å². The minimum atomic E-state index is -1.20. The number of carboxylic acid groups (broad SMARTS) is 2. The maximum absolute atomic E-state index is 11.1. The minimum absolute atomic E-state index is 0. The van der Waals surface area contributed by atoms with Crippen molar-refractivity contribution in [2.24, 2.45) is 0 Å². The quantitative estimate of drug-likeness (QED) is 0.0102. The number of anilines is 10. The van der Waals surface area contributed by atoms with E-state index in [1.807, 2.05) is 38.1 Å². The molecule has 12 aromatic rings. The Labute approximate surface area is 918 Å². The standard InChI is InChI=1S/C26H28N2O2.C23H27NO.C22H27N.C21H25NO.C20H25N.C15H14.C3H3NO2.C2H6.CH3F.CH3.Na.H/c1-3-4-5-8-18-28-24-13-7-6-11-21(24)15-16-22-19-20(14-17-25(22)28)10-9-12-23(27-2)26(29)30;1-2-3-4-7-16-24-22-11-6-5-10-20(22)13-14-21-18-19(9-8-17-25)12-15-23(21)24;1-3-5-6-9-16-23-21-11-8-7-10-19(21)13-14-20-17-18(4-2)12-15-22(20)23;1-2-3-4-7-14-22-20-9-6-5-8-18(20)11-12-19-15-17(16-23)10-13-21(19)22;1-2-3-4-9-16-21-19-12-7-5-10-17(19)14-15-18-11-6-8-13-20(18)21;1-3-7-14-11-15-8-4-2-6-13(15)10-9-12(14)5-1;1-4-2-3(5)6;2*1-2;;;/h6-7,9-14,17,19H,3-5,8,15-16,18H2,1H3,(H,29,30);5-6,8-12,15,17-18H,2-4,7,13-14,16H2,1H3;4,7-8,10-12,15,17H,2-3,5-6,9,13-14,16H2,1H3;5-6,8-10,13,15-16H,2-4,7,11-12,14H2,1H3;5-8,10-13H,2-4,9,14-16H2,1H3;1-8H,9-11H2;2H2,(H,5,6);1-2H3;1H3;1H3;;/q;;;;;;;;;-1;+1;-1/b10-9+,23-12-;9-8+;;;;;;;;;;/i;;;;;;;;1D;;;. The van der Waals surface area contributed by atoms with Crippen LogP contribution < -0.4 is 54.1 Å². The van der Waals surface area contributed by atoms with Gasteiger partial charge in [0, 0.05) is 95.2 Å². The number of carbonyl (C=O) groups is 4. The number of hydrogen-bond donors (Lipinski definition) is 2. The molecule has 6 aliphatic rings. The van der Waals surface area contributed by atoms with Crippen molar-refractivity contribution in [1.29, 1.82) is 0 Å². The van der Waals surface area contributed by atoms with Gasteiger partial charge >= 0.3 is 48.0 Å². The SMILES string of the molecule is C=Cc1ccc2c(c1)CCc1ccccc1N2CCCCCC.CC.CCCCCCN1c2ccccc2CCc2cc(/C=C/C=O)ccc21.CCCCCCN1c2ccccc2CCc2cc(C=O)ccc21.CCCCCCN1c2ccccc2CCc2ccccc21.[2H]CF.[C-]#[N+]/C(=C\C=C\c1ccc2c(c1)CCc1ccccc1N2CCCCCC)C(=O)O.[C-]#[N+]CC(=O)O.[CH3-].[H-].[Na+].c1ccc2c(c1)CCc1ccccc1C2. The predicted molar refractivity (Wildman–Crippen MR) is 627 cm³/mol. The molecule has 12 aromatic carbocycles. The second-order valence-electron chi connectivity index (χ2n) is 38.0. The number of carboxylic acids is 2. The van der Waals surface area contributed by atoms with E-state index in [4.69, 9.17) is 24.7 Å². The maximum atomic E-state index is 11.1. The molecule has 0 saturated carbocycles. The fourth-order valence-corrected chi connectivity index (χ4v) is 20.3. The third-order valence-corrected chi connectivity index (χ3v) is 27.9. The molecule has 13 nitrogen and oxygen atoms in total. The summed E-state index contributed by atoms with van der Waals surface area (Å²) in [6.45, 7) is 37.0. The van der Waals surface area contributed by atoms with E-state index in [-0.39, 0.29) is 44.1 Å². The molecule has 0 fully saturated rings. The molecule has 0 bridgehead atoms. The number of aldehydes is 2. The molecule has 0 atom stereocenters. The molecule has 0 amide bonds. The Balaban J connectivity index is 0.000000241. The van der Waals surface area contributed by atoms with Gasteiger partial charge in [-0.2, -0.15) is 0 Å². The first kappa shape index (κ1) is 119. The number of fused-ring (bicyclic) bond motifs is 12. The van der Waals surface area contributed by atoms with E-state index in [0.29, 0.717) is 0 Å². The van der Waals surface area contributed by atoms with Gasteiger partial charge in [0.05, 0.1) is 15.1 Å². The molecular weight excluding hydrogens is 1850 g/mol. The van der Waals surface area contributed by atoms with Gasteiger partial charge in [-0.15, -0.1) is 0 Å². The number of rotatable bonds is 33. The topological polar surface area (TPSA) is 134 Å². The van der Waals surface area contributed by atoms with E-state index in [1.165, 1.54) is 288 Å². The van der Waals surface area contributed by atoms with E-state index in [2.05, 4.69) is 336 Å². The van der Waals surface area contributed by atoms with Crippen molar-refractivity contribution < 1.29 is 66.1 Å². The number of halogens is 1. The zero-order valence-corrected chi connectivity index (χ0v) is 92.5. The summed E-state index contributed by atoms with van der Waals surface area (Å²) < 4.78 is 15.5. The zero-order valence-electron chi connectivity index (χ0n) is 92.5. The van der Waals surface area contributed by atoms with Crippen molar-refractivity contribution in [3.8, 4) is 0 Å². The Morgan fingerprint density at radius 1 is 0.349 bits per heavy atom. The van der Waals surface area contributed by atoms with Crippen LogP contribution in [0.15, 0.2) is 297 Å². The van der Waals surface area contributed by atoms with Gasteiger partial charge in [-0.1, -0.05) is 352 Å². The summed E-state index contributed by atoms with van der Waals surface area (Å²) in [4.78, 5) is 60.2. The minimum Gasteiger partial charge on any atom is -1.00 e. The van der Waals surface area contributed by atoms with Gasteiger partial charge < -0.3 is 48.4 Å². The maximum Gasteiger partial charge on any atom is 1.00 e. The second-order valence-corrected chi connectivity index (χ2v) is 38.0. The van der Waals surface area contributed by atoms with Crippen LogP contribution in [0.25, 0.3) is 27.9 Å². The Morgan fingerprint density at radius 2 is 0.584 bits per heavy atom. The molecule has 5 aliphatic heterocycles. The number of nitrogens with zero attached hydrogens (tertiary/aromatic N) is 7. The summed E-state index contributed by atoms with van der Waals surface area (Å²) in [6.07, 6.45) is 51.6. The Morgan fingerprint density at radius 3 is 0.832 bits per heavy atom. The van der Waals surface area contributed by atoms with E-state index >= 15 is 0 Å². The molecule has 0 unspecified atom stereocenters. The molecule has 18 rings (SSSR count). The summed E-state index contributed by atoms with van der Waals surface area (Å²) in [5.41, 5.74) is 37.4. The Hall–Kier alpha value is -13.2. The van der Waals surface area contributed by atoms with Crippen LogP contribution in [0.5, 0.6) is 0 Å². The summed E-state index contributed by atoms with van der Waals surface area (Å²) in [5.74, 6) is -2.27. The number of carbonyl (C=O) groups excluding carboxylic acids is 2. The molecule has 2 N–H and O–H groups in total.